The molecule has 3 aromatic rings. The van der Waals surface area contributed by atoms with Gasteiger partial charge in [0.15, 0.2) is 5.13 Å². The first-order valence-electron chi connectivity index (χ1n) is 8.80. The number of rotatable bonds is 5. The zero-order valence-corrected chi connectivity index (χ0v) is 16.0. The van der Waals surface area contributed by atoms with Crippen molar-refractivity contribution in [3.8, 4) is 5.75 Å². The van der Waals surface area contributed by atoms with Crippen LogP contribution in [-0.2, 0) is 16.1 Å². The summed E-state index contributed by atoms with van der Waals surface area (Å²) in [5.41, 5.74) is 1.13. The Morgan fingerprint density at radius 3 is 2.93 bits per heavy atom. The van der Waals surface area contributed by atoms with Gasteiger partial charge in [-0.25, -0.2) is 9.37 Å². The second-order valence-electron chi connectivity index (χ2n) is 6.58. The highest BCUT2D eigenvalue weighted by Crippen LogP contribution is 2.29. The largest absolute Gasteiger partial charge is 0.496 e. The molecule has 1 aliphatic heterocycles. The summed E-state index contributed by atoms with van der Waals surface area (Å²) in [6.07, 6.45) is 0.139. The Morgan fingerprint density at radius 2 is 2.14 bits per heavy atom. The quantitative estimate of drug-likeness (QED) is 0.714. The van der Waals surface area contributed by atoms with Gasteiger partial charge in [-0.3, -0.25) is 9.59 Å². The third kappa shape index (κ3) is 3.55. The van der Waals surface area contributed by atoms with E-state index in [9.17, 15) is 14.0 Å². The van der Waals surface area contributed by atoms with Gasteiger partial charge in [-0.2, -0.15) is 0 Å². The lowest BCUT2D eigenvalue weighted by Gasteiger charge is -2.18. The summed E-state index contributed by atoms with van der Waals surface area (Å²) >= 11 is 1.21. The minimum Gasteiger partial charge on any atom is -0.496 e. The Hall–Kier alpha value is -3.00. The number of ether oxygens (including phenoxy) is 1. The molecule has 0 saturated carbocycles. The highest BCUT2D eigenvalue weighted by molar-refractivity contribution is 7.22. The normalized spacial score (nSPS) is 16.6. The lowest BCUT2D eigenvalue weighted by molar-refractivity contribution is -0.128. The number of anilines is 1. The van der Waals surface area contributed by atoms with Crippen LogP contribution >= 0.6 is 11.3 Å². The maximum atomic E-state index is 13.8. The predicted octanol–water partition coefficient (Wildman–Crippen LogP) is 3.43. The van der Waals surface area contributed by atoms with Crippen molar-refractivity contribution in [1.29, 1.82) is 0 Å². The third-order valence-electron chi connectivity index (χ3n) is 4.74. The van der Waals surface area contributed by atoms with Gasteiger partial charge in [-0.05, 0) is 18.2 Å². The van der Waals surface area contributed by atoms with E-state index in [4.69, 9.17) is 4.74 Å². The van der Waals surface area contributed by atoms with E-state index in [0.717, 1.165) is 5.56 Å². The van der Waals surface area contributed by atoms with Crippen LogP contribution in [0.1, 0.15) is 12.0 Å². The van der Waals surface area contributed by atoms with E-state index in [-0.39, 0.29) is 23.8 Å². The van der Waals surface area contributed by atoms with E-state index >= 15 is 0 Å². The van der Waals surface area contributed by atoms with Crippen molar-refractivity contribution in [1.82, 2.24) is 9.88 Å². The Morgan fingerprint density at radius 1 is 1.32 bits per heavy atom. The number of thiazole rings is 1. The fourth-order valence-electron chi connectivity index (χ4n) is 3.32. The molecule has 6 nitrogen and oxygen atoms in total. The number of carbonyl (C=O) groups is 2. The number of methoxy groups -OCH3 is 1. The average Bonchev–Trinajstić information content (AvgIpc) is 3.26. The van der Waals surface area contributed by atoms with Crippen LogP contribution < -0.4 is 10.1 Å². The summed E-state index contributed by atoms with van der Waals surface area (Å²) in [6, 6.07) is 12.2. The molecule has 0 aliphatic carbocycles. The molecular formula is C20H18FN3O3S. The molecule has 144 valence electrons. The van der Waals surface area contributed by atoms with Crippen LogP contribution in [0.4, 0.5) is 9.52 Å². The molecule has 0 bridgehead atoms. The second kappa shape index (κ2) is 7.55. The summed E-state index contributed by atoms with van der Waals surface area (Å²) < 4.78 is 19.8. The SMILES string of the molecule is COc1ccccc1CN1CC(C(=O)Nc2nc3c(F)cccc3s2)CC1=O. The molecule has 1 atom stereocenters. The van der Waals surface area contributed by atoms with Crippen LogP contribution in [0.25, 0.3) is 10.2 Å². The highest BCUT2D eigenvalue weighted by Gasteiger charge is 2.35. The van der Waals surface area contributed by atoms with Gasteiger partial charge in [0.25, 0.3) is 0 Å². The van der Waals surface area contributed by atoms with Crippen LogP contribution in [-0.4, -0.2) is 35.4 Å². The fraction of sp³-hybridized carbons (Fsp3) is 0.250. The monoisotopic (exact) mass is 399 g/mol. The standard InChI is InChI=1S/C20H18FN3O3S/c1-27-15-7-3-2-5-12(15)10-24-11-13(9-17(24)25)19(26)23-20-22-18-14(21)6-4-8-16(18)28-20/h2-8,13H,9-11H2,1H3,(H,22,23,26). The number of amides is 2. The van der Waals surface area contributed by atoms with Crippen molar-refractivity contribution < 1.29 is 18.7 Å². The number of hydrogen-bond donors (Lipinski definition) is 1. The maximum Gasteiger partial charge on any atom is 0.231 e. The van der Waals surface area contributed by atoms with E-state index in [1.807, 2.05) is 24.3 Å². The molecule has 1 unspecified atom stereocenters. The number of fused-ring (bicyclic) bond motifs is 1. The van der Waals surface area contributed by atoms with Crippen molar-refractivity contribution in [2.45, 2.75) is 13.0 Å². The van der Waals surface area contributed by atoms with Crippen molar-refractivity contribution in [2.24, 2.45) is 5.92 Å². The number of para-hydroxylation sites is 2. The van der Waals surface area contributed by atoms with E-state index < -0.39 is 11.7 Å². The first-order valence-corrected chi connectivity index (χ1v) is 9.62. The van der Waals surface area contributed by atoms with Gasteiger partial charge in [-0.1, -0.05) is 35.6 Å². The summed E-state index contributed by atoms with van der Waals surface area (Å²) in [6.45, 7) is 0.709. The van der Waals surface area contributed by atoms with Crippen molar-refractivity contribution >= 4 is 38.5 Å². The van der Waals surface area contributed by atoms with Crippen molar-refractivity contribution in [3.05, 3.63) is 53.8 Å². The molecular weight excluding hydrogens is 381 g/mol. The molecule has 1 saturated heterocycles. The van der Waals surface area contributed by atoms with E-state index in [0.29, 0.717) is 28.7 Å². The Kier molecular flexibility index (Phi) is 4.95. The molecule has 4 rings (SSSR count). The molecule has 0 radical (unpaired) electrons. The fourth-order valence-corrected chi connectivity index (χ4v) is 4.20. The van der Waals surface area contributed by atoms with Gasteiger partial charge in [0, 0.05) is 25.1 Å². The number of carbonyl (C=O) groups excluding carboxylic acids is 2. The molecule has 1 aromatic heterocycles. The van der Waals surface area contributed by atoms with Crippen LogP contribution in [0.2, 0.25) is 0 Å². The summed E-state index contributed by atoms with van der Waals surface area (Å²) in [4.78, 5) is 30.8. The molecule has 8 heteroatoms. The topological polar surface area (TPSA) is 71.5 Å². The van der Waals surface area contributed by atoms with E-state index in [2.05, 4.69) is 10.3 Å². The molecule has 2 amide bonds. The molecule has 1 N–H and O–H groups in total. The van der Waals surface area contributed by atoms with E-state index in [1.54, 1.807) is 24.1 Å². The molecule has 1 fully saturated rings. The maximum absolute atomic E-state index is 13.8. The Labute approximate surface area is 164 Å². The first-order chi connectivity index (χ1) is 13.5. The molecule has 1 aliphatic rings. The first kappa shape index (κ1) is 18.4. The number of halogens is 1. The summed E-state index contributed by atoms with van der Waals surface area (Å²) in [5.74, 6) is -0.552. The summed E-state index contributed by atoms with van der Waals surface area (Å²) in [7, 11) is 1.59. The number of aromatic nitrogens is 1. The molecule has 2 heterocycles. The zero-order chi connectivity index (χ0) is 19.7. The van der Waals surface area contributed by atoms with Crippen LogP contribution in [0, 0.1) is 11.7 Å². The smallest absolute Gasteiger partial charge is 0.231 e. The highest BCUT2D eigenvalue weighted by atomic mass is 32.1. The van der Waals surface area contributed by atoms with Crippen LogP contribution in [0.5, 0.6) is 5.75 Å². The Bertz CT molecular complexity index is 1050. The van der Waals surface area contributed by atoms with Gasteiger partial charge < -0.3 is 15.0 Å². The lowest BCUT2D eigenvalue weighted by Crippen LogP contribution is -2.28. The number of nitrogens with one attached hydrogen (secondary N) is 1. The molecule has 0 spiro atoms. The summed E-state index contributed by atoms with van der Waals surface area (Å²) in [5, 5.41) is 3.06. The number of likely N-dealkylation sites (tertiary alicyclic amines) is 1. The number of nitrogens with zero attached hydrogens (tertiary/aromatic N) is 2. The van der Waals surface area contributed by atoms with Gasteiger partial charge in [0.1, 0.15) is 17.1 Å². The molecule has 28 heavy (non-hydrogen) atoms. The Balaban J connectivity index is 1.44. The van der Waals surface area contributed by atoms with Gasteiger partial charge in [-0.15, -0.1) is 0 Å². The third-order valence-corrected chi connectivity index (χ3v) is 5.67. The van der Waals surface area contributed by atoms with Crippen molar-refractivity contribution in [2.75, 3.05) is 19.0 Å². The number of hydrogen-bond acceptors (Lipinski definition) is 5. The van der Waals surface area contributed by atoms with Gasteiger partial charge in [0.2, 0.25) is 11.8 Å². The van der Waals surface area contributed by atoms with Crippen LogP contribution in [0.3, 0.4) is 0 Å². The lowest BCUT2D eigenvalue weighted by atomic mass is 10.1. The van der Waals surface area contributed by atoms with Crippen LogP contribution in [0.15, 0.2) is 42.5 Å². The molecule has 2 aromatic carbocycles. The second-order valence-corrected chi connectivity index (χ2v) is 7.61. The number of benzene rings is 2. The van der Waals surface area contributed by atoms with Gasteiger partial charge in [0.05, 0.1) is 17.7 Å². The average molecular weight is 399 g/mol. The predicted molar refractivity (Wildman–Crippen MR) is 105 cm³/mol. The van der Waals surface area contributed by atoms with Gasteiger partial charge >= 0.3 is 0 Å². The van der Waals surface area contributed by atoms with E-state index in [1.165, 1.54) is 17.4 Å². The van der Waals surface area contributed by atoms with Crippen molar-refractivity contribution in [3.63, 3.8) is 0 Å². The zero-order valence-electron chi connectivity index (χ0n) is 15.1. The minimum absolute atomic E-state index is 0.0820. The minimum atomic E-state index is -0.473.